The maximum Gasteiger partial charge on any atom is 0.265 e. The standard InChI is InChI=1S/C13H15NO3S2/c1-10-9-18-12(8-15)13(10)19(16,17)14(2)11-6-4-3-5-7-11/h3-7,9,15H,8H2,1-2H3. The maximum atomic E-state index is 12.6. The number of aryl methyl sites for hydroxylation is 1. The fourth-order valence-corrected chi connectivity index (χ4v) is 4.66. The number of anilines is 1. The van der Waals surface area contributed by atoms with Crippen molar-refractivity contribution in [1.29, 1.82) is 0 Å². The molecule has 6 heteroatoms. The normalized spacial score (nSPS) is 11.5. The number of aliphatic hydroxyl groups is 1. The lowest BCUT2D eigenvalue weighted by atomic mass is 10.3. The van der Waals surface area contributed by atoms with Gasteiger partial charge in [0.15, 0.2) is 0 Å². The van der Waals surface area contributed by atoms with Gasteiger partial charge in [0.05, 0.1) is 17.2 Å². The van der Waals surface area contributed by atoms with Gasteiger partial charge in [-0.1, -0.05) is 18.2 Å². The van der Waals surface area contributed by atoms with Crippen LogP contribution in [0.3, 0.4) is 0 Å². The van der Waals surface area contributed by atoms with E-state index in [0.29, 0.717) is 16.1 Å². The first-order chi connectivity index (χ1) is 8.98. The number of hydrogen-bond donors (Lipinski definition) is 1. The Morgan fingerprint density at radius 3 is 2.47 bits per heavy atom. The van der Waals surface area contributed by atoms with E-state index in [4.69, 9.17) is 0 Å². The molecule has 0 aliphatic carbocycles. The van der Waals surface area contributed by atoms with Gasteiger partial charge < -0.3 is 5.11 Å². The molecule has 1 aromatic carbocycles. The third kappa shape index (κ3) is 2.51. The monoisotopic (exact) mass is 297 g/mol. The zero-order chi connectivity index (χ0) is 14.0. The van der Waals surface area contributed by atoms with Gasteiger partial charge in [-0.3, -0.25) is 4.31 Å². The summed E-state index contributed by atoms with van der Waals surface area (Å²) in [6.07, 6.45) is 0. The molecule has 0 bridgehead atoms. The quantitative estimate of drug-likeness (QED) is 0.942. The number of hydrogen-bond acceptors (Lipinski definition) is 4. The molecule has 19 heavy (non-hydrogen) atoms. The Labute approximate surface area is 117 Å². The van der Waals surface area contributed by atoms with Crippen LogP contribution in [0.25, 0.3) is 0 Å². The van der Waals surface area contributed by atoms with Crippen molar-refractivity contribution in [3.63, 3.8) is 0 Å². The van der Waals surface area contributed by atoms with Crippen LogP contribution in [0.1, 0.15) is 10.4 Å². The Morgan fingerprint density at radius 2 is 1.89 bits per heavy atom. The summed E-state index contributed by atoms with van der Waals surface area (Å²) >= 11 is 1.26. The fraction of sp³-hybridized carbons (Fsp3) is 0.231. The molecule has 0 spiro atoms. The second-order valence-corrected chi connectivity index (χ2v) is 7.01. The molecule has 2 rings (SSSR count). The van der Waals surface area contributed by atoms with Gasteiger partial charge in [0, 0.05) is 7.05 Å². The molecule has 0 atom stereocenters. The molecule has 0 aliphatic rings. The summed E-state index contributed by atoms with van der Waals surface area (Å²) < 4.78 is 26.5. The van der Waals surface area contributed by atoms with Crippen LogP contribution in [0.15, 0.2) is 40.6 Å². The number of aliphatic hydroxyl groups excluding tert-OH is 1. The van der Waals surface area contributed by atoms with E-state index in [1.165, 1.54) is 22.7 Å². The highest BCUT2D eigenvalue weighted by atomic mass is 32.2. The Morgan fingerprint density at radius 1 is 1.26 bits per heavy atom. The predicted molar refractivity (Wildman–Crippen MR) is 77.0 cm³/mol. The smallest absolute Gasteiger partial charge is 0.265 e. The second kappa shape index (κ2) is 5.32. The van der Waals surface area contributed by atoms with Gasteiger partial charge >= 0.3 is 0 Å². The molecule has 0 saturated carbocycles. The van der Waals surface area contributed by atoms with Crippen molar-refractivity contribution >= 4 is 27.0 Å². The largest absolute Gasteiger partial charge is 0.391 e. The Kier molecular flexibility index (Phi) is 3.93. The van der Waals surface area contributed by atoms with E-state index in [1.807, 2.05) is 6.07 Å². The van der Waals surface area contributed by atoms with Crippen molar-refractivity contribution in [3.8, 4) is 0 Å². The second-order valence-electron chi connectivity index (χ2n) is 4.14. The number of sulfonamides is 1. The highest BCUT2D eigenvalue weighted by Gasteiger charge is 2.27. The molecule has 0 amide bonds. The van der Waals surface area contributed by atoms with Crippen LogP contribution in [0.5, 0.6) is 0 Å². The van der Waals surface area contributed by atoms with Crippen LogP contribution in [0.2, 0.25) is 0 Å². The van der Waals surface area contributed by atoms with Gasteiger partial charge in [0.2, 0.25) is 0 Å². The summed E-state index contributed by atoms with van der Waals surface area (Å²) in [7, 11) is -2.12. The third-order valence-electron chi connectivity index (χ3n) is 2.87. The van der Waals surface area contributed by atoms with Gasteiger partial charge in [0.25, 0.3) is 10.0 Å². The molecule has 4 nitrogen and oxygen atoms in total. The predicted octanol–water partition coefficient (Wildman–Crippen LogP) is 2.37. The molecule has 1 N–H and O–H groups in total. The Hall–Kier alpha value is -1.37. The summed E-state index contributed by atoms with van der Waals surface area (Å²) in [5, 5.41) is 11.0. The fourth-order valence-electron chi connectivity index (χ4n) is 1.86. The van der Waals surface area contributed by atoms with Crippen molar-refractivity contribution in [2.45, 2.75) is 18.4 Å². The number of nitrogens with zero attached hydrogens (tertiary/aromatic N) is 1. The minimum atomic E-state index is -3.64. The average Bonchev–Trinajstić information content (AvgIpc) is 2.80. The van der Waals surface area contributed by atoms with Crippen LogP contribution >= 0.6 is 11.3 Å². The van der Waals surface area contributed by atoms with Gasteiger partial charge in [-0.25, -0.2) is 8.42 Å². The SMILES string of the molecule is Cc1csc(CO)c1S(=O)(=O)N(C)c1ccccc1. The van der Waals surface area contributed by atoms with Crippen LogP contribution in [-0.2, 0) is 16.6 Å². The van der Waals surface area contributed by atoms with Crippen molar-refractivity contribution in [2.24, 2.45) is 0 Å². The maximum absolute atomic E-state index is 12.6. The number of benzene rings is 1. The van der Waals surface area contributed by atoms with E-state index >= 15 is 0 Å². The molecule has 0 radical (unpaired) electrons. The Bertz CT molecular complexity index is 662. The van der Waals surface area contributed by atoms with Gasteiger partial charge in [-0.05, 0) is 30.0 Å². The first-order valence-corrected chi connectivity index (χ1v) is 8.02. The summed E-state index contributed by atoms with van der Waals surface area (Å²) in [5.74, 6) is 0. The van der Waals surface area contributed by atoms with Crippen molar-refractivity contribution < 1.29 is 13.5 Å². The number of rotatable bonds is 4. The molecule has 0 fully saturated rings. The van der Waals surface area contributed by atoms with Crippen LogP contribution in [0, 0.1) is 6.92 Å². The summed E-state index contributed by atoms with van der Waals surface area (Å²) in [5.41, 5.74) is 1.26. The Balaban J connectivity index is 2.51. The van der Waals surface area contributed by atoms with E-state index in [0.717, 1.165) is 0 Å². The summed E-state index contributed by atoms with van der Waals surface area (Å²) in [4.78, 5) is 0.687. The lowest BCUT2D eigenvalue weighted by molar-refractivity contribution is 0.282. The van der Waals surface area contributed by atoms with Crippen molar-refractivity contribution in [1.82, 2.24) is 0 Å². The van der Waals surface area contributed by atoms with E-state index < -0.39 is 10.0 Å². The van der Waals surface area contributed by atoms with E-state index in [1.54, 1.807) is 36.6 Å². The molecular weight excluding hydrogens is 282 g/mol. The molecule has 1 heterocycles. The van der Waals surface area contributed by atoms with E-state index in [9.17, 15) is 13.5 Å². The molecule has 1 aromatic heterocycles. The molecule has 0 saturated heterocycles. The van der Waals surface area contributed by atoms with E-state index in [2.05, 4.69) is 0 Å². The van der Waals surface area contributed by atoms with Crippen LogP contribution in [-0.4, -0.2) is 20.6 Å². The highest BCUT2D eigenvalue weighted by molar-refractivity contribution is 7.93. The molecular formula is C13H15NO3S2. The third-order valence-corrected chi connectivity index (χ3v) is 6.11. The zero-order valence-corrected chi connectivity index (χ0v) is 12.3. The average molecular weight is 297 g/mol. The van der Waals surface area contributed by atoms with E-state index in [-0.39, 0.29) is 11.5 Å². The van der Waals surface area contributed by atoms with Crippen LogP contribution in [0.4, 0.5) is 5.69 Å². The lowest BCUT2D eigenvalue weighted by Crippen LogP contribution is -2.27. The van der Waals surface area contributed by atoms with Crippen molar-refractivity contribution in [3.05, 3.63) is 46.2 Å². The molecule has 0 unspecified atom stereocenters. The summed E-state index contributed by atoms with van der Waals surface area (Å²) in [6.45, 7) is 1.47. The van der Waals surface area contributed by atoms with Crippen LogP contribution < -0.4 is 4.31 Å². The van der Waals surface area contributed by atoms with Crippen molar-refractivity contribution in [2.75, 3.05) is 11.4 Å². The minimum Gasteiger partial charge on any atom is -0.391 e. The van der Waals surface area contributed by atoms with Gasteiger partial charge in [-0.15, -0.1) is 11.3 Å². The highest BCUT2D eigenvalue weighted by Crippen LogP contribution is 2.31. The minimum absolute atomic E-state index is 0.214. The van der Waals surface area contributed by atoms with Gasteiger partial charge in [0.1, 0.15) is 4.90 Å². The number of thiophene rings is 1. The number of para-hydroxylation sites is 1. The molecule has 0 aliphatic heterocycles. The molecule has 2 aromatic rings. The lowest BCUT2D eigenvalue weighted by Gasteiger charge is -2.20. The zero-order valence-electron chi connectivity index (χ0n) is 10.7. The first-order valence-electron chi connectivity index (χ1n) is 5.70. The van der Waals surface area contributed by atoms with Gasteiger partial charge in [-0.2, -0.15) is 0 Å². The summed E-state index contributed by atoms with van der Waals surface area (Å²) in [6, 6.07) is 8.87. The molecule has 102 valence electrons. The first kappa shape index (κ1) is 14.0. The topological polar surface area (TPSA) is 57.6 Å².